The predicted octanol–water partition coefficient (Wildman–Crippen LogP) is 7.72. The highest BCUT2D eigenvalue weighted by atomic mass is 16.5. The fraction of sp³-hybridized carbons (Fsp3) is 0.152. The summed E-state index contributed by atoms with van der Waals surface area (Å²) in [5, 5.41) is 9.13. The maximum absolute atomic E-state index is 12.4. The van der Waals surface area contributed by atoms with Crippen molar-refractivity contribution in [1.82, 2.24) is 0 Å². The Kier molecular flexibility index (Phi) is 8.46. The number of aryl methyl sites for hydroxylation is 1. The topological polar surface area (TPSA) is 50.1 Å². The number of esters is 1. The highest BCUT2D eigenvalue weighted by Gasteiger charge is 2.17. The minimum atomic E-state index is -0.193. The van der Waals surface area contributed by atoms with E-state index in [1.54, 1.807) is 6.07 Å². The van der Waals surface area contributed by atoms with E-state index in [1.165, 1.54) is 23.8 Å². The smallest absolute Gasteiger partial charge is 0.308 e. The third-order valence-corrected chi connectivity index (χ3v) is 6.34. The van der Waals surface area contributed by atoms with E-state index < -0.39 is 0 Å². The molecule has 178 valence electrons. The van der Waals surface area contributed by atoms with Crippen molar-refractivity contribution in [2.24, 2.45) is 5.92 Å². The molecule has 1 unspecified atom stereocenters. The van der Waals surface area contributed by atoms with Crippen LogP contribution in [-0.4, -0.2) is 13.1 Å². The molecule has 0 bridgehead atoms. The van der Waals surface area contributed by atoms with Crippen molar-refractivity contribution in [3.05, 3.63) is 126 Å². The molecule has 0 radical (unpaired) electrons. The lowest BCUT2D eigenvalue weighted by Crippen LogP contribution is -2.16. The number of allylic oxidation sites excluding steroid dienone is 1. The van der Waals surface area contributed by atoms with Crippen LogP contribution < -0.4 is 0 Å². The summed E-state index contributed by atoms with van der Waals surface area (Å²) >= 11 is 0. The number of benzene rings is 4. The monoisotopic (exact) mass is 471 g/mol. The minimum absolute atomic E-state index is 0.177. The predicted molar refractivity (Wildman–Crippen MR) is 146 cm³/mol. The molecule has 3 heteroatoms. The van der Waals surface area contributed by atoms with E-state index in [-0.39, 0.29) is 11.9 Å². The Morgan fingerprint density at radius 1 is 0.833 bits per heavy atom. The van der Waals surface area contributed by atoms with Crippen LogP contribution in [0.2, 0.25) is 0 Å². The molecule has 0 fully saturated rings. The third-order valence-electron chi connectivity index (χ3n) is 6.34. The van der Waals surface area contributed by atoms with E-state index in [0.717, 1.165) is 23.1 Å². The second kappa shape index (κ2) is 12.3. The molecule has 0 heterocycles. The summed E-state index contributed by atoms with van der Waals surface area (Å²) < 4.78 is 5.07. The SMILES string of the molecule is COC(=O)C(C/C=C/c1ccc(-c2ccccc2)cc1)CCc1ccc(-c2cccc(C#N)c2)cc1. The molecule has 0 aromatic heterocycles. The summed E-state index contributed by atoms with van der Waals surface area (Å²) in [6.07, 6.45) is 6.26. The van der Waals surface area contributed by atoms with Gasteiger partial charge >= 0.3 is 5.97 Å². The molecule has 0 saturated carbocycles. The largest absolute Gasteiger partial charge is 0.469 e. The van der Waals surface area contributed by atoms with Crippen molar-refractivity contribution in [3.8, 4) is 28.3 Å². The molecular weight excluding hydrogens is 442 g/mol. The van der Waals surface area contributed by atoms with Crippen LogP contribution in [0.25, 0.3) is 28.3 Å². The minimum Gasteiger partial charge on any atom is -0.469 e. The summed E-state index contributed by atoms with van der Waals surface area (Å²) in [6, 6.07) is 36.8. The van der Waals surface area contributed by atoms with Crippen LogP contribution in [-0.2, 0) is 16.0 Å². The average molecular weight is 472 g/mol. The van der Waals surface area contributed by atoms with Crippen LogP contribution >= 0.6 is 0 Å². The van der Waals surface area contributed by atoms with E-state index in [4.69, 9.17) is 10.00 Å². The van der Waals surface area contributed by atoms with Gasteiger partial charge in [0.25, 0.3) is 0 Å². The van der Waals surface area contributed by atoms with Gasteiger partial charge in [-0.3, -0.25) is 4.79 Å². The van der Waals surface area contributed by atoms with Gasteiger partial charge in [0.05, 0.1) is 24.7 Å². The number of methoxy groups -OCH3 is 1. The zero-order chi connectivity index (χ0) is 25.2. The van der Waals surface area contributed by atoms with Crippen LogP contribution in [0.15, 0.2) is 109 Å². The zero-order valence-electron chi connectivity index (χ0n) is 20.4. The van der Waals surface area contributed by atoms with Crippen LogP contribution in [0.4, 0.5) is 0 Å². The molecule has 0 saturated heterocycles. The summed E-state index contributed by atoms with van der Waals surface area (Å²) in [7, 11) is 1.45. The molecule has 3 nitrogen and oxygen atoms in total. The van der Waals surface area contributed by atoms with Gasteiger partial charge in [0.1, 0.15) is 0 Å². The van der Waals surface area contributed by atoms with Crippen LogP contribution in [0.1, 0.15) is 29.5 Å². The molecule has 0 amide bonds. The normalized spacial score (nSPS) is 11.7. The quantitative estimate of drug-likeness (QED) is 0.235. The van der Waals surface area contributed by atoms with E-state index >= 15 is 0 Å². The van der Waals surface area contributed by atoms with Gasteiger partial charge in [0.15, 0.2) is 0 Å². The molecule has 0 aliphatic rings. The van der Waals surface area contributed by atoms with E-state index in [1.807, 2.05) is 36.4 Å². The molecular formula is C33H29NO2. The van der Waals surface area contributed by atoms with E-state index in [9.17, 15) is 4.79 Å². The lowest BCUT2D eigenvalue weighted by molar-refractivity contribution is -0.145. The molecule has 0 aliphatic heterocycles. The fourth-order valence-corrected chi connectivity index (χ4v) is 4.26. The maximum atomic E-state index is 12.4. The molecule has 1 atom stereocenters. The second-order valence-electron chi connectivity index (χ2n) is 8.77. The Bertz CT molecular complexity index is 1350. The Balaban J connectivity index is 1.35. The van der Waals surface area contributed by atoms with Crippen molar-refractivity contribution in [2.75, 3.05) is 7.11 Å². The molecule has 4 aromatic carbocycles. The van der Waals surface area contributed by atoms with Crippen LogP contribution in [0, 0.1) is 17.2 Å². The zero-order valence-corrected chi connectivity index (χ0v) is 20.4. The average Bonchev–Trinajstić information content (AvgIpc) is 2.95. The van der Waals surface area contributed by atoms with Gasteiger partial charge < -0.3 is 4.74 Å². The summed E-state index contributed by atoms with van der Waals surface area (Å²) in [4.78, 5) is 12.4. The van der Waals surface area contributed by atoms with Crippen molar-refractivity contribution in [1.29, 1.82) is 5.26 Å². The Labute approximate surface area is 213 Å². The van der Waals surface area contributed by atoms with Gasteiger partial charge in [-0.05, 0) is 64.8 Å². The molecule has 4 aromatic rings. The first-order valence-electron chi connectivity index (χ1n) is 12.2. The van der Waals surface area contributed by atoms with Gasteiger partial charge in [-0.1, -0.05) is 103 Å². The van der Waals surface area contributed by atoms with Gasteiger partial charge in [0, 0.05) is 0 Å². The number of rotatable bonds is 9. The number of carbonyl (C=O) groups excluding carboxylic acids is 1. The Hall–Kier alpha value is -4.42. The number of hydrogen-bond donors (Lipinski definition) is 0. The molecule has 0 spiro atoms. The molecule has 0 N–H and O–H groups in total. The summed E-state index contributed by atoms with van der Waals surface area (Å²) in [5.41, 5.74) is 7.40. The van der Waals surface area contributed by atoms with Crippen LogP contribution in [0.5, 0.6) is 0 Å². The molecule has 4 rings (SSSR count). The molecule has 0 aliphatic carbocycles. The van der Waals surface area contributed by atoms with Crippen molar-refractivity contribution < 1.29 is 9.53 Å². The number of carbonyl (C=O) groups is 1. The number of ether oxygens (including phenoxy) is 1. The van der Waals surface area contributed by atoms with E-state index in [2.05, 4.69) is 78.9 Å². The first-order chi connectivity index (χ1) is 17.7. The van der Waals surface area contributed by atoms with E-state index in [0.29, 0.717) is 18.4 Å². The standard InChI is InChI=1S/C33H29NO2/c1-36-33(35)31(11-5-7-25-13-18-29(19-14-25)28-9-3-2-4-10-28)22-17-26-15-20-30(21-16-26)32-12-6-8-27(23-32)24-34/h2-10,12-16,18-21,23,31H,11,17,22H2,1H3/b7-5+. The lowest BCUT2D eigenvalue weighted by atomic mass is 9.94. The van der Waals surface area contributed by atoms with Gasteiger partial charge in [-0.25, -0.2) is 0 Å². The number of nitriles is 1. The number of hydrogen-bond acceptors (Lipinski definition) is 3. The summed E-state index contributed by atoms with van der Waals surface area (Å²) in [6.45, 7) is 0. The Morgan fingerprint density at radius 2 is 1.47 bits per heavy atom. The first kappa shape index (κ1) is 24.7. The van der Waals surface area contributed by atoms with Crippen LogP contribution in [0.3, 0.4) is 0 Å². The fourth-order valence-electron chi connectivity index (χ4n) is 4.26. The number of nitrogens with zero attached hydrogens (tertiary/aromatic N) is 1. The van der Waals surface area contributed by atoms with Crippen molar-refractivity contribution in [2.45, 2.75) is 19.3 Å². The maximum Gasteiger partial charge on any atom is 0.308 e. The van der Waals surface area contributed by atoms with Gasteiger partial charge in [-0.2, -0.15) is 5.26 Å². The van der Waals surface area contributed by atoms with Crippen molar-refractivity contribution in [3.63, 3.8) is 0 Å². The highest BCUT2D eigenvalue weighted by Crippen LogP contribution is 2.23. The second-order valence-corrected chi connectivity index (χ2v) is 8.77. The van der Waals surface area contributed by atoms with Gasteiger partial charge in [-0.15, -0.1) is 0 Å². The van der Waals surface area contributed by atoms with Crippen molar-refractivity contribution >= 4 is 12.0 Å². The summed E-state index contributed by atoms with van der Waals surface area (Å²) in [5.74, 6) is -0.370. The lowest BCUT2D eigenvalue weighted by Gasteiger charge is -2.13. The highest BCUT2D eigenvalue weighted by molar-refractivity contribution is 5.73. The third kappa shape index (κ3) is 6.58. The first-order valence-corrected chi connectivity index (χ1v) is 12.2. The van der Waals surface area contributed by atoms with Gasteiger partial charge in [0.2, 0.25) is 0 Å². The molecule has 36 heavy (non-hydrogen) atoms. The Morgan fingerprint density at radius 3 is 2.17 bits per heavy atom.